The summed E-state index contributed by atoms with van der Waals surface area (Å²) in [5, 5.41) is 6.40. The molecular weight excluding hydrogens is 440 g/mol. The Labute approximate surface area is 204 Å². The standard InChI is InChI=1S/C28H28N4O3/c29-30-19-20-8-7-13-24(18-20)27(34)31-25(21-9-3-1-4-10-21)28(35)32-16-14-23(15-17-32)26(33)22-11-5-2-6-12-22/h1-13,18-19,23,25H,14-17,29H2,(H,31,34)/b30-19-. The van der Waals surface area contributed by atoms with Crippen molar-refractivity contribution in [2.24, 2.45) is 16.9 Å². The normalized spacial score (nSPS) is 15.0. The van der Waals surface area contributed by atoms with Crippen molar-refractivity contribution in [1.29, 1.82) is 0 Å². The third-order valence-corrected chi connectivity index (χ3v) is 6.26. The molecule has 1 aliphatic heterocycles. The molecule has 7 heteroatoms. The van der Waals surface area contributed by atoms with E-state index in [1.54, 1.807) is 29.2 Å². The van der Waals surface area contributed by atoms with E-state index < -0.39 is 6.04 Å². The summed E-state index contributed by atoms with van der Waals surface area (Å²) in [6, 6.07) is 24.5. The molecule has 35 heavy (non-hydrogen) atoms. The zero-order valence-electron chi connectivity index (χ0n) is 19.3. The maximum absolute atomic E-state index is 13.6. The smallest absolute Gasteiger partial charge is 0.252 e. The van der Waals surface area contributed by atoms with Crippen molar-refractivity contribution >= 4 is 23.8 Å². The van der Waals surface area contributed by atoms with Crippen LogP contribution in [0.5, 0.6) is 0 Å². The Morgan fingerprint density at radius 1 is 0.886 bits per heavy atom. The number of nitrogens with two attached hydrogens (primary N) is 1. The molecule has 3 aromatic rings. The lowest BCUT2D eigenvalue weighted by molar-refractivity contribution is -0.134. The number of hydrazone groups is 1. The minimum atomic E-state index is -0.836. The van der Waals surface area contributed by atoms with E-state index in [0.717, 1.165) is 0 Å². The molecule has 2 amide bonds. The van der Waals surface area contributed by atoms with Crippen molar-refractivity contribution in [3.8, 4) is 0 Å². The van der Waals surface area contributed by atoms with Gasteiger partial charge >= 0.3 is 0 Å². The van der Waals surface area contributed by atoms with Crippen LogP contribution in [0, 0.1) is 5.92 Å². The topological polar surface area (TPSA) is 105 Å². The number of piperidine rings is 1. The number of benzene rings is 3. The Bertz CT molecular complexity index is 1200. The molecular formula is C28H28N4O3. The second-order valence-electron chi connectivity index (χ2n) is 8.55. The molecule has 0 bridgehead atoms. The van der Waals surface area contributed by atoms with Gasteiger partial charge in [-0.15, -0.1) is 0 Å². The summed E-state index contributed by atoms with van der Waals surface area (Å²) in [7, 11) is 0. The van der Waals surface area contributed by atoms with Gasteiger partial charge in [-0.1, -0.05) is 72.8 Å². The van der Waals surface area contributed by atoms with Crippen molar-refractivity contribution in [1.82, 2.24) is 10.2 Å². The van der Waals surface area contributed by atoms with Gasteiger partial charge in [0.25, 0.3) is 5.91 Å². The fraction of sp³-hybridized carbons (Fsp3) is 0.214. The highest BCUT2D eigenvalue weighted by atomic mass is 16.2. The highest BCUT2D eigenvalue weighted by molar-refractivity contribution is 6.00. The molecule has 1 unspecified atom stereocenters. The predicted molar refractivity (Wildman–Crippen MR) is 135 cm³/mol. The number of carbonyl (C=O) groups excluding carboxylic acids is 3. The van der Waals surface area contributed by atoms with Crippen molar-refractivity contribution < 1.29 is 14.4 Å². The van der Waals surface area contributed by atoms with Crippen LogP contribution in [-0.4, -0.2) is 41.8 Å². The van der Waals surface area contributed by atoms with E-state index in [9.17, 15) is 14.4 Å². The molecule has 0 spiro atoms. The van der Waals surface area contributed by atoms with E-state index in [0.29, 0.717) is 48.2 Å². The van der Waals surface area contributed by atoms with Gasteiger partial charge in [-0.3, -0.25) is 14.4 Å². The Kier molecular flexibility index (Phi) is 7.67. The molecule has 0 saturated carbocycles. The molecule has 3 N–H and O–H groups in total. The fourth-order valence-corrected chi connectivity index (χ4v) is 4.38. The maximum Gasteiger partial charge on any atom is 0.252 e. The zero-order chi connectivity index (χ0) is 24.6. The maximum atomic E-state index is 13.6. The van der Waals surface area contributed by atoms with Gasteiger partial charge in [0.15, 0.2) is 5.78 Å². The zero-order valence-corrected chi connectivity index (χ0v) is 19.3. The van der Waals surface area contributed by atoms with Gasteiger partial charge in [0.2, 0.25) is 5.91 Å². The van der Waals surface area contributed by atoms with Crippen LogP contribution in [0.3, 0.4) is 0 Å². The average molecular weight is 469 g/mol. The third-order valence-electron chi connectivity index (χ3n) is 6.26. The van der Waals surface area contributed by atoms with E-state index in [1.807, 2.05) is 60.7 Å². The van der Waals surface area contributed by atoms with E-state index in [4.69, 9.17) is 5.84 Å². The molecule has 7 nitrogen and oxygen atoms in total. The number of hydrogen-bond donors (Lipinski definition) is 2. The molecule has 0 aromatic heterocycles. The van der Waals surface area contributed by atoms with Crippen LogP contribution in [-0.2, 0) is 4.79 Å². The Hall–Kier alpha value is -4.26. The van der Waals surface area contributed by atoms with Gasteiger partial charge in [0.1, 0.15) is 6.04 Å². The van der Waals surface area contributed by atoms with Crippen molar-refractivity contribution in [2.75, 3.05) is 13.1 Å². The highest BCUT2D eigenvalue weighted by Crippen LogP contribution is 2.25. The van der Waals surface area contributed by atoms with Crippen LogP contribution in [0.2, 0.25) is 0 Å². The van der Waals surface area contributed by atoms with Crippen molar-refractivity contribution in [3.63, 3.8) is 0 Å². The summed E-state index contributed by atoms with van der Waals surface area (Å²) in [6.45, 7) is 0.924. The minimum Gasteiger partial charge on any atom is -0.341 e. The second-order valence-corrected chi connectivity index (χ2v) is 8.55. The number of carbonyl (C=O) groups is 3. The van der Waals surface area contributed by atoms with Gasteiger partial charge in [-0.2, -0.15) is 5.10 Å². The fourth-order valence-electron chi connectivity index (χ4n) is 4.38. The predicted octanol–water partition coefficient (Wildman–Crippen LogP) is 3.57. The number of ketones is 1. The minimum absolute atomic E-state index is 0.113. The lowest BCUT2D eigenvalue weighted by Gasteiger charge is -2.34. The molecule has 4 rings (SSSR count). The summed E-state index contributed by atoms with van der Waals surface area (Å²) in [6.07, 6.45) is 2.64. The Balaban J connectivity index is 1.48. The van der Waals surface area contributed by atoms with Gasteiger partial charge in [0.05, 0.1) is 6.21 Å². The number of Topliss-reactive ketones (excluding diaryl/α,β-unsaturated/α-hetero) is 1. The van der Waals surface area contributed by atoms with Gasteiger partial charge < -0.3 is 16.1 Å². The SMILES string of the molecule is N/N=C\c1cccc(C(=O)NC(C(=O)N2CCC(C(=O)c3ccccc3)CC2)c2ccccc2)c1. The Morgan fingerprint density at radius 2 is 1.51 bits per heavy atom. The number of rotatable bonds is 7. The lowest BCUT2D eigenvalue weighted by atomic mass is 9.88. The number of likely N-dealkylation sites (tertiary alicyclic amines) is 1. The summed E-state index contributed by atoms with van der Waals surface area (Å²) in [5.41, 5.74) is 2.50. The van der Waals surface area contributed by atoms with Gasteiger partial charge in [-0.05, 0) is 36.1 Å². The van der Waals surface area contributed by atoms with Crippen molar-refractivity contribution in [2.45, 2.75) is 18.9 Å². The molecule has 0 radical (unpaired) electrons. The van der Waals surface area contributed by atoms with Crippen LogP contribution < -0.4 is 11.2 Å². The molecule has 1 fully saturated rings. The number of hydrogen-bond acceptors (Lipinski definition) is 5. The molecule has 1 heterocycles. The third kappa shape index (κ3) is 5.81. The second kappa shape index (κ2) is 11.2. The molecule has 0 aliphatic carbocycles. The van der Waals surface area contributed by atoms with E-state index >= 15 is 0 Å². The highest BCUT2D eigenvalue weighted by Gasteiger charge is 2.32. The first-order valence-electron chi connectivity index (χ1n) is 11.6. The van der Waals surface area contributed by atoms with Crippen LogP contribution in [0.25, 0.3) is 0 Å². The molecule has 178 valence electrons. The molecule has 1 aliphatic rings. The molecule has 1 atom stereocenters. The molecule has 1 saturated heterocycles. The van der Waals surface area contributed by atoms with Crippen LogP contribution in [0.1, 0.15) is 50.7 Å². The molecule has 3 aromatic carbocycles. The largest absolute Gasteiger partial charge is 0.341 e. The summed E-state index contributed by atoms with van der Waals surface area (Å²) < 4.78 is 0. The average Bonchev–Trinajstić information content (AvgIpc) is 2.92. The first-order chi connectivity index (χ1) is 17.1. The Morgan fingerprint density at radius 3 is 2.17 bits per heavy atom. The van der Waals surface area contributed by atoms with E-state index in [1.165, 1.54) is 6.21 Å². The van der Waals surface area contributed by atoms with Crippen molar-refractivity contribution in [3.05, 3.63) is 107 Å². The van der Waals surface area contributed by atoms with Crippen LogP contribution in [0.15, 0.2) is 90.0 Å². The van der Waals surface area contributed by atoms with Gasteiger partial charge in [-0.25, -0.2) is 0 Å². The quantitative estimate of drug-likeness (QED) is 0.239. The summed E-state index contributed by atoms with van der Waals surface area (Å²) >= 11 is 0. The van der Waals surface area contributed by atoms with Crippen LogP contribution in [0.4, 0.5) is 0 Å². The first-order valence-corrected chi connectivity index (χ1v) is 11.6. The lowest BCUT2D eigenvalue weighted by Crippen LogP contribution is -2.46. The summed E-state index contributed by atoms with van der Waals surface area (Å²) in [5.74, 6) is 4.68. The number of nitrogens with one attached hydrogen (secondary N) is 1. The summed E-state index contributed by atoms with van der Waals surface area (Å²) in [4.78, 5) is 41.2. The monoisotopic (exact) mass is 468 g/mol. The van der Waals surface area contributed by atoms with Gasteiger partial charge in [0, 0.05) is 30.1 Å². The van der Waals surface area contributed by atoms with E-state index in [2.05, 4.69) is 10.4 Å². The number of nitrogens with zero attached hydrogens (tertiary/aromatic N) is 2. The first kappa shape index (κ1) is 23.9. The van der Waals surface area contributed by atoms with E-state index in [-0.39, 0.29) is 23.5 Å². The number of amides is 2. The van der Waals surface area contributed by atoms with Crippen LogP contribution >= 0.6 is 0 Å².